The zero-order valence-electron chi connectivity index (χ0n) is 14.7. The van der Waals surface area contributed by atoms with Crippen molar-refractivity contribution in [1.82, 2.24) is 0 Å². The van der Waals surface area contributed by atoms with E-state index >= 15 is 0 Å². The fraction of sp³-hybridized carbons (Fsp3) is 0.143. The van der Waals surface area contributed by atoms with Crippen molar-refractivity contribution in [2.45, 2.75) is 6.92 Å². The number of hydrogen-bond acceptors (Lipinski definition) is 4. The standard InChI is InChI=1S/C21H18IO4P/c1-2-24-17-13-18(19(22)21-20(17)25-14-26-21)27(23,15-9-5-3-6-10-15)16-11-7-4-8-12-16/h3-13H,2,14H2,1H3. The SMILES string of the molecule is CCOc1cc(P(=O)(c2ccccc2)c2ccccc2)c(I)c2c1OCO2. The Morgan fingerprint density at radius 2 is 1.52 bits per heavy atom. The van der Waals surface area contributed by atoms with E-state index in [0.29, 0.717) is 29.2 Å². The third-order valence-corrected chi connectivity index (χ3v) is 8.99. The number of hydrogen-bond donors (Lipinski definition) is 0. The summed E-state index contributed by atoms with van der Waals surface area (Å²) < 4.78 is 32.5. The lowest BCUT2D eigenvalue weighted by Gasteiger charge is -2.22. The lowest BCUT2D eigenvalue weighted by Crippen LogP contribution is -2.27. The summed E-state index contributed by atoms with van der Waals surface area (Å²) in [7, 11) is -3.12. The molecule has 0 fully saturated rings. The van der Waals surface area contributed by atoms with E-state index in [1.54, 1.807) is 0 Å². The Hall–Kier alpha value is -1.98. The van der Waals surface area contributed by atoms with Gasteiger partial charge in [-0.25, -0.2) is 0 Å². The third-order valence-electron chi connectivity index (χ3n) is 4.41. The zero-order valence-corrected chi connectivity index (χ0v) is 17.8. The van der Waals surface area contributed by atoms with Gasteiger partial charge in [0.1, 0.15) is 0 Å². The Labute approximate surface area is 172 Å². The summed E-state index contributed by atoms with van der Waals surface area (Å²) in [6.07, 6.45) is 0. The van der Waals surface area contributed by atoms with E-state index in [2.05, 4.69) is 22.6 Å². The molecule has 0 aliphatic carbocycles. The highest BCUT2D eigenvalue weighted by Crippen LogP contribution is 2.51. The van der Waals surface area contributed by atoms with Crippen molar-refractivity contribution in [3.63, 3.8) is 0 Å². The molecule has 3 aromatic rings. The van der Waals surface area contributed by atoms with E-state index in [0.717, 1.165) is 14.2 Å². The number of benzene rings is 3. The molecule has 27 heavy (non-hydrogen) atoms. The summed E-state index contributed by atoms with van der Waals surface area (Å²) in [6, 6.07) is 21.0. The first-order valence-electron chi connectivity index (χ1n) is 8.63. The molecule has 0 amide bonds. The van der Waals surface area contributed by atoms with Crippen molar-refractivity contribution >= 4 is 45.6 Å². The number of fused-ring (bicyclic) bond motifs is 1. The molecule has 0 saturated heterocycles. The minimum absolute atomic E-state index is 0.135. The van der Waals surface area contributed by atoms with Crippen LogP contribution in [0, 0.1) is 3.57 Å². The quantitative estimate of drug-likeness (QED) is 0.398. The Morgan fingerprint density at radius 1 is 0.963 bits per heavy atom. The topological polar surface area (TPSA) is 44.8 Å². The lowest BCUT2D eigenvalue weighted by atomic mass is 10.3. The molecule has 3 aromatic carbocycles. The molecule has 138 valence electrons. The van der Waals surface area contributed by atoms with Gasteiger partial charge in [-0.3, -0.25) is 0 Å². The minimum Gasteiger partial charge on any atom is -0.490 e. The van der Waals surface area contributed by atoms with Gasteiger partial charge in [-0.05, 0) is 35.6 Å². The van der Waals surface area contributed by atoms with Crippen LogP contribution in [0.2, 0.25) is 0 Å². The first kappa shape index (κ1) is 18.4. The highest BCUT2D eigenvalue weighted by atomic mass is 127. The molecule has 0 unspecified atom stereocenters. The highest BCUT2D eigenvalue weighted by Gasteiger charge is 2.36. The van der Waals surface area contributed by atoms with Crippen LogP contribution in [0.5, 0.6) is 17.2 Å². The Kier molecular flexibility index (Phi) is 5.15. The summed E-state index contributed by atoms with van der Waals surface area (Å²) in [4.78, 5) is 0. The summed E-state index contributed by atoms with van der Waals surface area (Å²) in [5.74, 6) is 1.74. The molecular weight excluding hydrogens is 474 g/mol. The summed E-state index contributed by atoms with van der Waals surface area (Å²) in [5, 5.41) is 2.25. The summed E-state index contributed by atoms with van der Waals surface area (Å²) >= 11 is 2.20. The molecule has 0 bridgehead atoms. The van der Waals surface area contributed by atoms with Crippen LogP contribution >= 0.6 is 29.7 Å². The monoisotopic (exact) mass is 492 g/mol. The molecule has 0 spiro atoms. The molecule has 1 aliphatic rings. The molecule has 4 rings (SSSR count). The molecule has 0 radical (unpaired) electrons. The molecule has 6 heteroatoms. The van der Waals surface area contributed by atoms with E-state index in [1.807, 2.05) is 73.7 Å². The second-order valence-electron chi connectivity index (χ2n) is 5.99. The van der Waals surface area contributed by atoms with Gasteiger partial charge in [0.05, 0.1) is 10.2 Å². The van der Waals surface area contributed by atoms with Gasteiger partial charge in [0.25, 0.3) is 0 Å². The summed E-state index contributed by atoms with van der Waals surface area (Å²) in [5.41, 5.74) is 0. The fourth-order valence-electron chi connectivity index (χ4n) is 3.19. The van der Waals surface area contributed by atoms with Crippen molar-refractivity contribution in [2.75, 3.05) is 13.4 Å². The van der Waals surface area contributed by atoms with E-state index in [4.69, 9.17) is 14.2 Å². The second kappa shape index (κ2) is 7.56. The normalized spacial score (nSPS) is 12.8. The van der Waals surface area contributed by atoms with Gasteiger partial charge in [-0.1, -0.05) is 60.7 Å². The predicted octanol–water partition coefficient (Wildman–Crippen LogP) is 4.06. The minimum atomic E-state index is -3.12. The van der Waals surface area contributed by atoms with Crippen LogP contribution in [-0.4, -0.2) is 13.4 Å². The maximum Gasteiger partial charge on any atom is 0.231 e. The zero-order chi connectivity index (χ0) is 18.9. The van der Waals surface area contributed by atoms with Gasteiger partial charge >= 0.3 is 0 Å². The molecule has 4 nitrogen and oxygen atoms in total. The van der Waals surface area contributed by atoms with Gasteiger partial charge in [0, 0.05) is 15.9 Å². The molecule has 0 atom stereocenters. The van der Waals surface area contributed by atoms with Crippen LogP contribution in [0.25, 0.3) is 0 Å². The van der Waals surface area contributed by atoms with Crippen LogP contribution in [0.15, 0.2) is 66.7 Å². The molecule has 0 N–H and O–H groups in total. The smallest absolute Gasteiger partial charge is 0.231 e. The first-order chi connectivity index (χ1) is 13.2. The largest absolute Gasteiger partial charge is 0.490 e. The molecule has 0 aromatic heterocycles. The lowest BCUT2D eigenvalue weighted by molar-refractivity contribution is 0.169. The third kappa shape index (κ3) is 3.13. The number of ether oxygens (including phenoxy) is 3. The van der Waals surface area contributed by atoms with Crippen molar-refractivity contribution in [3.05, 3.63) is 70.3 Å². The van der Waals surface area contributed by atoms with Gasteiger partial charge in [0.15, 0.2) is 18.6 Å². The molecule has 1 heterocycles. The van der Waals surface area contributed by atoms with Crippen LogP contribution < -0.4 is 30.1 Å². The van der Waals surface area contributed by atoms with Crippen LogP contribution in [0.4, 0.5) is 0 Å². The van der Waals surface area contributed by atoms with Crippen molar-refractivity contribution < 1.29 is 18.8 Å². The average Bonchev–Trinajstić information content (AvgIpc) is 3.22. The van der Waals surface area contributed by atoms with E-state index in [-0.39, 0.29) is 6.79 Å². The highest BCUT2D eigenvalue weighted by molar-refractivity contribution is 14.1. The predicted molar refractivity (Wildman–Crippen MR) is 116 cm³/mol. The maximum atomic E-state index is 14.6. The van der Waals surface area contributed by atoms with Crippen LogP contribution in [0.3, 0.4) is 0 Å². The van der Waals surface area contributed by atoms with Crippen molar-refractivity contribution in [2.24, 2.45) is 0 Å². The van der Waals surface area contributed by atoms with Crippen LogP contribution in [0.1, 0.15) is 6.92 Å². The maximum absolute atomic E-state index is 14.6. The van der Waals surface area contributed by atoms with Gasteiger partial charge in [-0.15, -0.1) is 0 Å². The Morgan fingerprint density at radius 3 is 2.07 bits per heavy atom. The number of halogens is 1. The van der Waals surface area contributed by atoms with E-state index in [1.165, 1.54) is 0 Å². The molecule has 1 aliphatic heterocycles. The average molecular weight is 492 g/mol. The van der Waals surface area contributed by atoms with E-state index < -0.39 is 7.14 Å². The van der Waals surface area contributed by atoms with Gasteiger partial charge < -0.3 is 18.8 Å². The van der Waals surface area contributed by atoms with Gasteiger partial charge in [0.2, 0.25) is 12.5 Å². The first-order valence-corrected chi connectivity index (χ1v) is 11.4. The Bertz CT molecular complexity index is 962. The van der Waals surface area contributed by atoms with Gasteiger partial charge in [-0.2, -0.15) is 0 Å². The summed E-state index contributed by atoms with van der Waals surface area (Å²) in [6.45, 7) is 2.53. The fourth-order valence-corrected chi connectivity index (χ4v) is 7.48. The molecule has 0 saturated carbocycles. The molecular formula is C21H18IO4P. The number of rotatable bonds is 5. The van der Waals surface area contributed by atoms with E-state index in [9.17, 15) is 4.57 Å². The van der Waals surface area contributed by atoms with Crippen LogP contribution in [-0.2, 0) is 4.57 Å². The van der Waals surface area contributed by atoms with Crippen molar-refractivity contribution in [1.29, 1.82) is 0 Å². The van der Waals surface area contributed by atoms with Crippen molar-refractivity contribution in [3.8, 4) is 17.2 Å². The Balaban J connectivity index is 2.03. The second-order valence-corrected chi connectivity index (χ2v) is 9.80.